The lowest BCUT2D eigenvalue weighted by Crippen LogP contribution is -2.36. The zero-order valence-electron chi connectivity index (χ0n) is 11.8. The van der Waals surface area contributed by atoms with Crippen LogP contribution in [0.15, 0.2) is 29.8 Å². The number of nitrogens with zero attached hydrogens (tertiary/aromatic N) is 2. The smallest absolute Gasteiger partial charge is 0.409 e. The summed E-state index contributed by atoms with van der Waals surface area (Å²) in [4.78, 5) is 17.4. The lowest BCUT2D eigenvalue weighted by molar-refractivity contribution is 0.120. The summed E-state index contributed by atoms with van der Waals surface area (Å²) in [7, 11) is 1.41. The van der Waals surface area contributed by atoms with Gasteiger partial charge < -0.3 is 9.64 Å². The molecule has 0 N–H and O–H groups in total. The molecule has 0 bridgehead atoms. The average Bonchev–Trinajstić information content (AvgIpc) is 2.47. The number of amides is 1. The first-order valence-corrected chi connectivity index (χ1v) is 6.65. The Morgan fingerprint density at radius 1 is 1.40 bits per heavy atom. The first-order valence-electron chi connectivity index (χ1n) is 6.65. The molecule has 1 aromatic heterocycles. The Bertz CT molecular complexity index is 572. The van der Waals surface area contributed by atoms with E-state index >= 15 is 0 Å². The Labute approximate surface area is 119 Å². The minimum atomic E-state index is -0.251. The van der Waals surface area contributed by atoms with Gasteiger partial charge in [-0.25, -0.2) is 9.78 Å². The molecule has 20 heavy (non-hydrogen) atoms. The van der Waals surface area contributed by atoms with Crippen LogP contribution in [-0.4, -0.2) is 36.2 Å². The van der Waals surface area contributed by atoms with E-state index in [-0.39, 0.29) is 6.09 Å². The van der Waals surface area contributed by atoms with Crippen LogP contribution in [0.2, 0.25) is 0 Å². The number of pyridine rings is 1. The molecular formula is C16H18N2O2. The Morgan fingerprint density at radius 3 is 2.80 bits per heavy atom. The highest BCUT2D eigenvalue weighted by Crippen LogP contribution is 2.16. The molecule has 0 radical (unpaired) electrons. The van der Waals surface area contributed by atoms with Crippen molar-refractivity contribution in [3.63, 3.8) is 0 Å². The third-order valence-electron chi connectivity index (χ3n) is 3.20. The van der Waals surface area contributed by atoms with Gasteiger partial charge in [-0.15, -0.1) is 0 Å². The molecule has 1 amide bonds. The zero-order valence-corrected chi connectivity index (χ0v) is 11.8. The highest BCUT2D eigenvalue weighted by molar-refractivity contribution is 5.67. The molecule has 1 aromatic rings. The van der Waals surface area contributed by atoms with E-state index in [1.165, 1.54) is 12.7 Å². The number of piperidine rings is 1. The van der Waals surface area contributed by atoms with Crippen molar-refractivity contribution in [2.75, 3.05) is 20.2 Å². The van der Waals surface area contributed by atoms with Crippen LogP contribution >= 0.6 is 0 Å². The van der Waals surface area contributed by atoms with Gasteiger partial charge in [0.05, 0.1) is 7.11 Å². The van der Waals surface area contributed by atoms with Crippen molar-refractivity contribution in [3.05, 3.63) is 41.2 Å². The fourth-order valence-electron chi connectivity index (χ4n) is 2.07. The molecular weight excluding hydrogens is 252 g/mol. The summed E-state index contributed by atoms with van der Waals surface area (Å²) in [6.07, 6.45) is 3.40. The van der Waals surface area contributed by atoms with Gasteiger partial charge in [-0.1, -0.05) is 17.6 Å². The molecule has 2 heterocycles. The van der Waals surface area contributed by atoms with Crippen molar-refractivity contribution in [2.45, 2.75) is 19.8 Å². The fourth-order valence-corrected chi connectivity index (χ4v) is 2.07. The molecule has 1 aliphatic rings. The van der Waals surface area contributed by atoms with Crippen molar-refractivity contribution in [1.82, 2.24) is 9.88 Å². The second kappa shape index (κ2) is 6.76. The number of aryl methyl sites for hydroxylation is 1. The Balaban J connectivity index is 1.93. The normalized spacial score (nSPS) is 14.3. The molecule has 0 spiro atoms. The Hall–Kier alpha value is -2.28. The third-order valence-corrected chi connectivity index (χ3v) is 3.20. The van der Waals surface area contributed by atoms with Crippen molar-refractivity contribution in [1.29, 1.82) is 0 Å². The lowest BCUT2D eigenvalue weighted by Gasteiger charge is -2.26. The Kier molecular flexibility index (Phi) is 4.78. The second-order valence-electron chi connectivity index (χ2n) is 4.69. The van der Waals surface area contributed by atoms with Crippen LogP contribution in [0.3, 0.4) is 0 Å². The van der Waals surface area contributed by atoms with Gasteiger partial charge >= 0.3 is 6.09 Å². The Morgan fingerprint density at radius 2 is 2.15 bits per heavy atom. The summed E-state index contributed by atoms with van der Waals surface area (Å²) in [5.74, 6) is 6.08. The predicted molar refractivity (Wildman–Crippen MR) is 77.1 cm³/mol. The van der Waals surface area contributed by atoms with Gasteiger partial charge in [-0.3, -0.25) is 0 Å². The number of rotatable bonds is 0. The van der Waals surface area contributed by atoms with Gasteiger partial charge in [0.1, 0.15) is 5.69 Å². The van der Waals surface area contributed by atoms with E-state index < -0.39 is 0 Å². The van der Waals surface area contributed by atoms with E-state index in [1.807, 2.05) is 31.2 Å². The van der Waals surface area contributed by atoms with E-state index in [0.29, 0.717) is 13.1 Å². The maximum absolute atomic E-state index is 11.4. The largest absolute Gasteiger partial charge is 0.453 e. The van der Waals surface area contributed by atoms with Gasteiger partial charge in [0.25, 0.3) is 0 Å². The number of hydrogen-bond donors (Lipinski definition) is 0. The summed E-state index contributed by atoms with van der Waals surface area (Å²) >= 11 is 0. The van der Waals surface area contributed by atoms with Crippen molar-refractivity contribution < 1.29 is 9.53 Å². The number of ether oxygens (including phenoxy) is 1. The minimum absolute atomic E-state index is 0.251. The number of aromatic nitrogens is 1. The highest BCUT2D eigenvalue weighted by Gasteiger charge is 2.18. The van der Waals surface area contributed by atoms with Crippen LogP contribution in [-0.2, 0) is 4.74 Å². The van der Waals surface area contributed by atoms with Crippen molar-refractivity contribution >= 4 is 6.09 Å². The van der Waals surface area contributed by atoms with Gasteiger partial charge in [-0.2, -0.15) is 0 Å². The summed E-state index contributed by atoms with van der Waals surface area (Å²) in [6, 6.07) is 5.80. The minimum Gasteiger partial charge on any atom is -0.453 e. The van der Waals surface area contributed by atoms with Crippen LogP contribution in [0.25, 0.3) is 0 Å². The van der Waals surface area contributed by atoms with Crippen LogP contribution < -0.4 is 0 Å². The summed E-state index contributed by atoms with van der Waals surface area (Å²) in [6.45, 7) is 3.35. The molecule has 0 aliphatic carbocycles. The molecule has 2 rings (SSSR count). The van der Waals surface area contributed by atoms with E-state index in [1.54, 1.807) is 4.90 Å². The van der Waals surface area contributed by atoms with Crippen LogP contribution in [0.5, 0.6) is 0 Å². The van der Waals surface area contributed by atoms with Crippen LogP contribution in [0, 0.1) is 18.8 Å². The summed E-state index contributed by atoms with van der Waals surface area (Å²) < 4.78 is 4.71. The topological polar surface area (TPSA) is 42.4 Å². The van der Waals surface area contributed by atoms with E-state index in [4.69, 9.17) is 4.74 Å². The standard InChI is InChI=1S/C16H18N2O2/c1-13-5-3-7-15(17-13)8-4-6-14-9-11-18(12-10-14)16(19)20-2/h3,5-7H,9-12H2,1-2H3. The highest BCUT2D eigenvalue weighted by atomic mass is 16.5. The molecule has 0 aromatic carbocycles. The molecule has 1 saturated heterocycles. The molecule has 4 nitrogen and oxygen atoms in total. The first kappa shape index (κ1) is 14.1. The number of hydrogen-bond acceptors (Lipinski definition) is 3. The number of carbonyl (C=O) groups excluding carboxylic acids is 1. The molecule has 1 aliphatic heterocycles. The van der Waals surface area contributed by atoms with Crippen molar-refractivity contribution in [3.8, 4) is 11.8 Å². The maximum Gasteiger partial charge on any atom is 0.409 e. The predicted octanol–water partition coefficient (Wildman–Crippen LogP) is 2.53. The zero-order chi connectivity index (χ0) is 14.4. The van der Waals surface area contributed by atoms with E-state index in [2.05, 4.69) is 16.8 Å². The van der Waals surface area contributed by atoms with Crippen molar-refractivity contribution in [2.24, 2.45) is 0 Å². The monoisotopic (exact) mass is 270 g/mol. The van der Waals surface area contributed by atoms with Gasteiger partial charge in [0, 0.05) is 18.8 Å². The van der Waals surface area contributed by atoms with E-state index in [0.717, 1.165) is 24.2 Å². The number of likely N-dealkylation sites (tertiary alicyclic amines) is 1. The molecule has 1 fully saturated rings. The lowest BCUT2D eigenvalue weighted by atomic mass is 10.0. The third kappa shape index (κ3) is 3.86. The number of carbonyl (C=O) groups is 1. The number of allylic oxidation sites excluding steroid dienone is 1. The SMILES string of the molecule is COC(=O)N1CCC(=CC#Cc2cccc(C)n2)CC1. The first-order chi connectivity index (χ1) is 9.69. The van der Waals surface area contributed by atoms with Gasteiger partial charge in [-0.05, 0) is 43.9 Å². The maximum atomic E-state index is 11.4. The summed E-state index contributed by atoms with van der Waals surface area (Å²) in [5.41, 5.74) is 3.02. The quantitative estimate of drug-likeness (QED) is 0.680. The summed E-state index contributed by atoms with van der Waals surface area (Å²) in [5, 5.41) is 0. The van der Waals surface area contributed by atoms with Gasteiger partial charge in [0.15, 0.2) is 0 Å². The molecule has 104 valence electrons. The fraction of sp³-hybridized carbons (Fsp3) is 0.375. The molecule has 4 heteroatoms. The average molecular weight is 270 g/mol. The second-order valence-corrected chi connectivity index (χ2v) is 4.69. The van der Waals surface area contributed by atoms with Gasteiger partial charge in [0.2, 0.25) is 0 Å². The molecule has 0 unspecified atom stereocenters. The molecule has 0 saturated carbocycles. The van der Waals surface area contributed by atoms with Crippen LogP contribution in [0.1, 0.15) is 24.2 Å². The van der Waals surface area contributed by atoms with Crippen LogP contribution in [0.4, 0.5) is 4.79 Å². The number of methoxy groups -OCH3 is 1. The molecule has 0 atom stereocenters. The van der Waals surface area contributed by atoms with E-state index in [9.17, 15) is 4.79 Å².